The summed E-state index contributed by atoms with van der Waals surface area (Å²) in [6, 6.07) is 7.44. The van der Waals surface area contributed by atoms with E-state index in [1.807, 2.05) is 0 Å². The molecule has 13 heteroatoms. The first-order valence-corrected chi connectivity index (χ1v) is 15.7. The number of nitrogens with zero attached hydrogens (tertiary/aromatic N) is 1. The van der Waals surface area contributed by atoms with Crippen molar-refractivity contribution in [2.24, 2.45) is 5.92 Å². The maximum absolute atomic E-state index is 14.0. The predicted molar refractivity (Wildman–Crippen MR) is 163 cm³/mol. The second kappa shape index (κ2) is 13.7. The largest absolute Gasteiger partial charge is 0.469 e. The maximum atomic E-state index is 14.0. The van der Waals surface area contributed by atoms with Crippen LogP contribution in [-0.2, 0) is 32.1 Å². The number of carbonyl (C=O) groups is 2. The van der Waals surface area contributed by atoms with Gasteiger partial charge in [0.25, 0.3) is 0 Å². The zero-order valence-corrected chi connectivity index (χ0v) is 26.9. The summed E-state index contributed by atoms with van der Waals surface area (Å²) in [5.41, 5.74) is -3.61. The molecule has 1 aliphatic rings. The number of carbonyl (C=O) groups excluding carboxylic acids is 2. The van der Waals surface area contributed by atoms with Gasteiger partial charge >= 0.3 is 18.3 Å². The van der Waals surface area contributed by atoms with Gasteiger partial charge in [0, 0.05) is 11.3 Å². The highest BCUT2D eigenvalue weighted by Gasteiger charge is 2.40. The van der Waals surface area contributed by atoms with Crippen molar-refractivity contribution in [1.82, 2.24) is 0 Å². The second-order valence-corrected chi connectivity index (χ2v) is 13.4. The zero-order valence-electron chi connectivity index (χ0n) is 26.1. The van der Waals surface area contributed by atoms with E-state index in [0.717, 1.165) is 17.7 Å². The molecule has 2 aromatic carbocycles. The smallest absolute Gasteiger partial charge is 0.416 e. The Morgan fingerprint density at radius 1 is 0.957 bits per heavy atom. The van der Waals surface area contributed by atoms with Crippen molar-refractivity contribution >= 4 is 28.8 Å². The van der Waals surface area contributed by atoms with Gasteiger partial charge < -0.3 is 10.1 Å². The summed E-state index contributed by atoms with van der Waals surface area (Å²) in [6.45, 7) is 3.66. The first-order valence-electron chi connectivity index (χ1n) is 14.8. The van der Waals surface area contributed by atoms with Crippen molar-refractivity contribution in [3.8, 4) is 16.5 Å². The Bertz CT molecular complexity index is 1660. The molecule has 0 atom stereocenters. The fourth-order valence-corrected chi connectivity index (χ4v) is 7.39. The number of aryl methyl sites for hydroxylation is 1. The van der Waals surface area contributed by atoms with E-state index in [2.05, 4.69) is 11.4 Å². The first kappa shape index (κ1) is 35.9. The number of nitriles is 1. The highest BCUT2D eigenvalue weighted by atomic mass is 32.1. The minimum Gasteiger partial charge on any atom is -0.469 e. The molecule has 252 valence electrons. The molecular weight excluding hydrogens is 649 g/mol. The molecule has 1 N–H and O–H groups in total. The molecule has 0 amide bonds. The molecule has 4 rings (SSSR count). The highest BCUT2D eigenvalue weighted by Crippen LogP contribution is 2.49. The lowest BCUT2D eigenvalue weighted by atomic mass is 9.78. The van der Waals surface area contributed by atoms with Gasteiger partial charge in [-0.15, -0.1) is 11.3 Å². The average Bonchev–Trinajstić information content (AvgIpc) is 3.36. The number of ketones is 1. The number of benzene rings is 2. The van der Waals surface area contributed by atoms with Gasteiger partial charge in [0.1, 0.15) is 11.9 Å². The fourth-order valence-electron chi connectivity index (χ4n) is 5.90. The van der Waals surface area contributed by atoms with Crippen molar-refractivity contribution in [1.29, 1.82) is 5.26 Å². The summed E-state index contributed by atoms with van der Waals surface area (Å²) in [6.07, 6.45) is -7.06. The summed E-state index contributed by atoms with van der Waals surface area (Å²) in [5.74, 6) is -1.40. The number of halogens is 7. The molecule has 0 unspecified atom stereocenters. The van der Waals surface area contributed by atoms with Gasteiger partial charge in [-0.2, -0.15) is 31.6 Å². The molecule has 5 nitrogen and oxygen atoms in total. The Labute approximate surface area is 271 Å². The van der Waals surface area contributed by atoms with Crippen LogP contribution < -0.4 is 5.32 Å². The van der Waals surface area contributed by atoms with Crippen LogP contribution >= 0.6 is 11.3 Å². The van der Waals surface area contributed by atoms with Gasteiger partial charge in [-0.25, -0.2) is 4.39 Å². The number of thiophene rings is 1. The molecule has 47 heavy (non-hydrogen) atoms. The molecule has 0 saturated heterocycles. The van der Waals surface area contributed by atoms with Gasteiger partial charge in [0.15, 0.2) is 5.78 Å². The van der Waals surface area contributed by atoms with Gasteiger partial charge in [-0.3, -0.25) is 9.59 Å². The summed E-state index contributed by atoms with van der Waals surface area (Å²) in [5, 5.41) is 13.3. The molecule has 0 radical (unpaired) electrons. The molecule has 1 heterocycles. The average molecular weight is 683 g/mol. The fraction of sp³-hybridized carbons (Fsp3) is 0.441. The summed E-state index contributed by atoms with van der Waals surface area (Å²) < 4.78 is 100. The minimum absolute atomic E-state index is 0.00854. The number of alkyl halides is 6. The minimum atomic E-state index is -5.08. The summed E-state index contributed by atoms with van der Waals surface area (Å²) >= 11 is 1.31. The van der Waals surface area contributed by atoms with Gasteiger partial charge in [0.2, 0.25) is 0 Å². The number of anilines is 1. The van der Waals surface area contributed by atoms with E-state index in [9.17, 15) is 45.6 Å². The normalized spacial score (nSPS) is 17.2. The number of esters is 1. The summed E-state index contributed by atoms with van der Waals surface area (Å²) in [7, 11) is 1.33. The third kappa shape index (κ3) is 7.97. The van der Waals surface area contributed by atoms with Gasteiger partial charge in [-0.1, -0.05) is 6.07 Å². The Morgan fingerprint density at radius 3 is 2.04 bits per heavy atom. The van der Waals surface area contributed by atoms with Crippen LogP contribution in [0, 0.1) is 30.0 Å². The first-order chi connectivity index (χ1) is 21.9. The van der Waals surface area contributed by atoms with Crippen LogP contribution in [0.25, 0.3) is 10.4 Å². The number of ether oxygens (including phenoxy) is 1. The lowest BCUT2D eigenvalue weighted by Crippen LogP contribution is -2.35. The number of Topliss-reactive ketones (excluding diaryl/α,β-unsaturated/α-hetero) is 1. The van der Waals surface area contributed by atoms with Crippen molar-refractivity contribution in [2.45, 2.75) is 76.6 Å². The Hall–Kier alpha value is -3.92. The van der Waals surface area contributed by atoms with E-state index in [-0.39, 0.29) is 35.1 Å². The third-order valence-electron chi connectivity index (χ3n) is 8.81. The molecule has 3 aromatic rings. The van der Waals surface area contributed by atoms with Crippen molar-refractivity contribution in [3.63, 3.8) is 0 Å². The number of hydrogen-bond acceptors (Lipinski definition) is 6. The van der Waals surface area contributed by atoms with E-state index < -0.39 is 52.6 Å². The zero-order chi connectivity index (χ0) is 34.9. The van der Waals surface area contributed by atoms with Crippen LogP contribution in [0.4, 0.5) is 36.4 Å². The standard InChI is InChI=1S/C34H33F7N2O3S/c1-18-11-24(35)9-10-25(18)31-29(26(16-42)30(47-31)20-7-5-19(6-8-20)12-28(45)46-4)43-17-27(44)32(2,3)21-13-22(33(36,37)38)15-23(14-21)34(39,40)41/h9-11,13-15,19-20,43H,5-8,12,17H2,1-4H3. The van der Waals surface area contributed by atoms with E-state index in [1.54, 1.807) is 13.0 Å². The van der Waals surface area contributed by atoms with Gasteiger partial charge in [-0.05, 0) is 105 Å². The number of rotatable bonds is 9. The van der Waals surface area contributed by atoms with E-state index in [0.29, 0.717) is 47.4 Å². The third-order valence-corrected chi connectivity index (χ3v) is 10.2. The molecule has 0 aliphatic heterocycles. The van der Waals surface area contributed by atoms with Crippen LogP contribution in [0.1, 0.15) is 84.6 Å². The number of methoxy groups -OCH3 is 1. The quantitative estimate of drug-likeness (QED) is 0.180. The van der Waals surface area contributed by atoms with Crippen molar-refractivity contribution in [2.75, 3.05) is 19.0 Å². The SMILES string of the molecule is COC(=O)CC1CCC(c2sc(-c3ccc(F)cc3C)c(NCC(=O)C(C)(C)c3cc(C(F)(F)F)cc(C(F)(F)F)c3)c2C#N)CC1. The van der Waals surface area contributed by atoms with E-state index >= 15 is 0 Å². The number of hydrogen-bond donors (Lipinski definition) is 1. The van der Waals surface area contributed by atoms with Crippen molar-refractivity contribution < 1.29 is 45.1 Å². The maximum Gasteiger partial charge on any atom is 0.416 e. The molecule has 0 spiro atoms. The Kier molecular flexibility index (Phi) is 10.4. The van der Waals surface area contributed by atoms with Crippen molar-refractivity contribution in [3.05, 3.63) is 74.9 Å². The molecule has 1 saturated carbocycles. The van der Waals surface area contributed by atoms with Crippen LogP contribution in [-0.4, -0.2) is 25.4 Å². The van der Waals surface area contributed by atoms with Crippen LogP contribution in [0.5, 0.6) is 0 Å². The Morgan fingerprint density at radius 2 is 1.53 bits per heavy atom. The van der Waals surface area contributed by atoms with Crippen LogP contribution in [0.3, 0.4) is 0 Å². The van der Waals surface area contributed by atoms with E-state index in [4.69, 9.17) is 4.74 Å². The van der Waals surface area contributed by atoms with Gasteiger partial charge in [0.05, 0.1) is 46.3 Å². The number of nitrogens with one attached hydrogen (secondary N) is 1. The monoisotopic (exact) mass is 682 g/mol. The summed E-state index contributed by atoms with van der Waals surface area (Å²) in [4.78, 5) is 26.7. The molecule has 1 fully saturated rings. The Balaban J connectivity index is 1.70. The van der Waals surface area contributed by atoms with E-state index in [1.165, 1.54) is 44.4 Å². The topological polar surface area (TPSA) is 79.2 Å². The molecular formula is C34H33F7N2O3S. The predicted octanol–water partition coefficient (Wildman–Crippen LogP) is 9.57. The molecule has 1 aromatic heterocycles. The molecule has 1 aliphatic carbocycles. The lowest BCUT2D eigenvalue weighted by molar-refractivity contribution is -0.144. The molecule has 0 bridgehead atoms. The second-order valence-electron chi connectivity index (χ2n) is 12.3. The van der Waals surface area contributed by atoms with Crippen LogP contribution in [0.15, 0.2) is 36.4 Å². The highest BCUT2D eigenvalue weighted by molar-refractivity contribution is 7.16. The lowest BCUT2D eigenvalue weighted by Gasteiger charge is -2.27. The van der Waals surface area contributed by atoms with Crippen LogP contribution in [0.2, 0.25) is 0 Å².